The number of hydrogen-bond acceptors (Lipinski definition) is 10. The van der Waals surface area contributed by atoms with Crippen molar-refractivity contribution < 1.29 is 49.0 Å². The Hall–Kier alpha value is -2.35. The van der Waals surface area contributed by atoms with Crippen LogP contribution in [-0.2, 0) is 25.0 Å². The van der Waals surface area contributed by atoms with Gasteiger partial charge < -0.3 is 44.9 Å². The van der Waals surface area contributed by atoms with E-state index in [9.17, 15) is 39.8 Å². The van der Waals surface area contributed by atoms with Crippen LogP contribution in [0.1, 0.15) is 32.8 Å². The smallest absolute Gasteiger partial charge is 0.405 e. The van der Waals surface area contributed by atoms with Gasteiger partial charge in [0.2, 0.25) is 0 Å². The first kappa shape index (κ1) is 29.2. The van der Waals surface area contributed by atoms with Gasteiger partial charge in [-0.25, -0.2) is 9.65 Å². The molecule has 0 saturated carbocycles. The Morgan fingerprint density at radius 2 is 1.89 bits per heavy atom. The number of nitrogens with one attached hydrogen (secondary N) is 2. The monoisotopic (exact) mass is 541 g/mol. The van der Waals surface area contributed by atoms with Gasteiger partial charge in [-0.3, -0.25) is 9.52 Å². The molecule has 1 aromatic carbocycles. The summed E-state index contributed by atoms with van der Waals surface area (Å²) < 4.78 is 22.9. The zero-order valence-electron chi connectivity index (χ0n) is 20.6. The van der Waals surface area contributed by atoms with E-state index in [1.807, 2.05) is 12.1 Å². The van der Waals surface area contributed by atoms with Crippen LogP contribution >= 0.6 is 7.75 Å². The van der Waals surface area contributed by atoms with Gasteiger partial charge in [-0.1, -0.05) is 32.0 Å². The molecule has 13 nitrogen and oxygen atoms in total. The van der Waals surface area contributed by atoms with Crippen molar-refractivity contribution in [3.63, 3.8) is 0 Å². The van der Waals surface area contributed by atoms with Crippen LogP contribution < -0.4 is 15.3 Å². The third kappa shape index (κ3) is 7.37. The number of fused-ring (bicyclic) bond motifs is 1. The van der Waals surface area contributed by atoms with E-state index in [2.05, 4.69) is 15.1 Å². The molecule has 2 aromatic rings. The number of carbonyl (C=O) groups excluding carboxylic acids is 1. The largest absolute Gasteiger partial charge is 0.861 e. The topological polar surface area (TPSA) is 220 Å². The zero-order chi connectivity index (χ0) is 27.5. The minimum Gasteiger partial charge on any atom is -0.861 e. The van der Waals surface area contributed by atoms with E-state index in [0.29, 0.717) is 5.56 Å². The number of carboxylic acids is 1. The molecule has 14 heteroatoms. The molecule has 1 fully saturated rings. The molecule has 3 rings (SSSR count). The highest BCUT2D eigenvalue weighted by atomic mass is 31.2. The average Bonchev–Trinajstić information content (AvgIpc) is 3.22. The number of aliphatic hydroxyl groups is 3. The summed E-state index contributed by atoms with van der Waals surface area (Å²) in [6.45, 7) is 4.84. The van der Waals surface area contributed by atoms with E-state index < -0.39 is 62.4 Å². The Kier molecular flexibility index (Phi) is 9.48. The lowest BCUT2D eigenvalue weighted by Crippen LogP contribution is -2.57. The first-order valence-electron chi connectivity index (χ1n) is 11.8. The average molecular weight is 541 g/mol. The first-order valence-corrected chi connectivity index (χ1v) is 13.4. The second kappa shape index (κ2) is 12.0. The number of aliphatic imine (C=N–C) groups is 1. The van der Waals surface area contributed by atoms with Gasteiger partial charge >= 0.3 is 7.75 Å². The van der Waals surface area contributed by atoms with Gasteiger partial charge in [0, 0.05) is 29.6 Å². The van der Waals surface area contributed by atoms with Crippen LogP contribution in [0.15, 0.2) is 35.5 Å². The van der Waals surface area contributed by atoms with Crippen LogP contribution in [0.2, 0.25) is 0 Å². The van der Waals surface area contributed by atoms with Gasteiger partial charge in [0.05, 0.1) is 18.1 Å². The van der Waals surface area contributed by atoms with Crippen molar-refractivity contribution in [3.8, 4) is 0 Å². The van der Waals surface area contributed by atoms with Crippen molar-refractivity contribution in [2.24, 2.45) is 10.9 Å². The van der Waals surface area contributed by atoms with Crippen LogP contribution in [0.4, 0.5) is 0 Å². The maximum atomic E-state index is 13.0. The molecular formula is C23H32N3O10P-2. The molecule has 37 heavy (non-hydrogen) atoms. The summed E-state index contributed by atoms with van der Waals surface area (Å²) in [4.78, 5) is 29.0. The number of H-pyrrole nitrogens is 1. The molecule has 1 aliphatic rings. The van der Waals surface area contributed by atoms with Gasteiger partial charge in [-0.15, -0.1) is 0 Å². The number of carboxylic acid groups (broad SMARTS) is 1. The molecular weight excluding hydrogens is 509 g/mol. The number of rotatable bonds is 11. The number of aliphatic hydroxyl groups excluding tert-OH is 3. The molecule has 1 unspecified atom stereocenters. The number of para-hydroxylation sites is 1. The van der Waals surface area contributed by atoms with Crippen LogP contribution in [0.5, 0.6) is 0 Å². The van der Waals surface area contributed by atoms with Crippen molar-refractivity contribution >= 4 is 30.5 Å². The summed E-state index contributed by atoms with van der Waals surface area (Å²) in [6.07, 6.45) is -6.37. The van der Waals surface area contributed by atoms with Crippen LogP contribution in [0, 0.1) is 5.92 Å². The number of benzene rings is 1. The fraction of sp³-hybridized carbons (Fsp3) is 0.565. The van der Waals surface area contributed by atoms with E-state index in [4.69, 9.17) is 9.26 Å². The lowest BCUT2D eigenvalue weighted by atomic mass is 10.0. The standard InChI is InChI=1S/C23H34N3O10P/c1-11(2)8-16(26-37(33,34)36-23-20(29)19(28)18(27)12(3)35-23)21(30)25-17(22(31)32)9-13-10-24-15-7-5-4-6-14(13)15/h4-7,10-12,16-20,23-24,27-29H,8-9H2,1-3H3,(H,25,30)(H,31,32)(H2,26,33,34)/p-2/t12-,16+,17+,18-,19+,20+,23-/m1/s1. The summed E-state index contributed by atoms with van der Waals surface area (Å²) in [5.41, 5.74) is 1.38. The third-order valence-corrected chi connectivity index (χ3v) is 7.15. The van der Waals surface area contributed by atoms with Crippen molar-refractivity contribution in [1.29, 1.82) is 0 Å². The number of hydrogen-bond donors (Lipinski definition) is 6. The molecule has 1 aliphatic heterocycles. The lowest BCUT2D eigenvalue weighted by Gasteiger charge is -2.39. The Bertz CT molecular complexity index is 1150. The van der Waals surface area contributed by atoms with E-state index in [-0.39, 0.29) is 18.8 Å². The number of ether oxygens (including phenoxy) is 1. The molecule has 0 amide bonds. The zero-order valence-corrected chi connectivity index (χ0v) is 21.4. The molecule has 0 bridgehead atoms. The highest BCUT2D eigenvalue weighted by molar-refractivity contribution is 7.50. The van der Waals surface area contributed by atoms with E-state index in [1.165, 1.54) is 6.92 Å². The number of aromatic nitrogens is 1. The SMILES string of the molecule is CC(C)C[C@H](NP(=O)(O)O[C@H]1O[C@H](C)[C@@H](O)[C@H](O)[C@@H]1O)C([O-])=N[C@@H](Cc1c[nH]c2ccccc12)C(=O)[O-]. The lowest BCUT2D eigenvalue weighted by molar-refractivity contribution is -0.307. The fourth-order valence-corrected chi connectivity index (χ4v) is 5.21. The van der Waals surface area contributed by atoms with Crippen LogP contribution in [-0.4, -0.2) is 79.9 Å². The quantitative estimate of drug-likeness (QED) is 0.110. The first-order chi connectivity index (χ1) is 17.3. The maximum absolute atomic E-state index is 13.0. The van der Waals surface area contributed by atoms with Crippen LogP contribution in [0.3, 0.4) is 0 Å². The minimum atomic E-state index is -4.87. The van der Waals surface area contributed by atoms with E-state index in [0.717, 1.165) is 10.9 Å². The number of nitrogens with zero attached hydrogens (tertiary/aromatic N) is 1. The third-order valence-electron chi connectivity index (χ3n) is 6.02. The van der Waals surface area contributed by atoms with E-state index >= 15 is 0 Å². The van der Waals surface area contributed by atoms with Gasteiger partial charge in [-0.05, 0) is 36.8 Å². The molecule has 0 spiro atoms. The normalized spacial score (nSPS) is 28.2. The Morgan fingerprint density at radius 3 is 2.54 bits per heavy atom. The molecule has 2 heterocycles. The molecule has 6 N–H and O–H groups in total. The second-order valence-electron chi connectivity index (χ2n) is 9.48. The highest BCUT2D eigenvalue weighted by Crippen LogP contribution is 2.42. The summed E-state index contributed by atoms with van der Waals surface area (Å²) in [6, 6.07) is 4.20. The summed E-state index contributed by atoms with van der Waals surface area (Å²) >= 11 is 0. The Labute approximate surface area is 213 Å². The summed E-state index contributed by atoms with van der Waals surface area (Å²) in [5.74, 6) is -2.78. The Balaban J connectivity index is 1.79. The van der Waals surface area contributed by atoms with Crippen molar-refractivity contribution in [2.45, 2.75) is 76.4 Å². The molecule has 206 valence electrons. The van der Waals surface area contributed by atoms with Gasteiger partial charge in [0.25, 0.3) is 0 Å². The Morgan fingerprint density at radius 1 is 1.22 bits per heavy atom. The maximum Gasteiger partial charge on any atom is 0.405 e. The van der Waals surface area contributed by atoms with Crippen molar-refractivity contribution in [2.75, 3.05) is 0 Å². The van der Waals surface area contributed by atoms with Gasteiger partial charge in [-0.2, -0.15) is 0 Å². The molecule has 0 radical (unpaired) electrons. The molecule has 1 saturated heterocycles. The molecule has 8 atom stereocenters. The second-order valence-corrected chi connectivity index (χ2v) is 11.0. The predicted octanol–water partition coefficient (Wildman–Crippen LogP) is -1.46. The van der Waals surface area contributed by atoms with Gasteiger partial charge in [0.1, 0.15) is 18.3 Å². The van der Waals surface area contributed by atoms with Crippen molar-refractivity contribution in [1.82, 2.24) is 10.1 Å². The molecule has 0 aliphatic carbocycles. The van der Waals surface area contributed by atoms with Crippen LogP contribution in [0.25, 0.3) is 10.9 Å². The summed E-state index contributed by atoms with van der Waals surface area (Å²) in [5, 5.41) is 57.5. The van der Waals surface area contributed by atoms with E-state index in [1.54, 1.807) is 32.2 Å². The fourth-order valence-electron chi connectivity index (χ4n) is 4.08. The number of aliphatic carboxylic acids is 1. The van der Waals surface area contributed by atoms with Crippen molar-refractivity contribution in [3.05, 3.63) is 36.0 Å². The number of aromatic amines is 1. The molecule has 1 aromatic heterocycles. The van der Waals surface area contributed by atoms with Gasteiger partial charge in [0.15, 0.2) is 6.29 Å². The summed E-state index contributed by atoms with van der Waals surface area (Å²) in [7, 11) is -4.87. The number of carbonyl (C=O) groups is 1. The minimum absolute atomic E-state index is 0.00504. The predicted molar refractivity (Wildman–Crippen MR) is 128 cm³/mol. The highest BCUT2D eigenvalue weighted by Gasteiger charge is 2.45.